The average molecular weight is 309 g/mol. The Morgan fingerprint density at radius 2 is 1.78 bits per heavy atom. The summed E-state index contributed by atoms with van der Waals surface area (Å²) in [6, 6.07) is 9.75. The third-order valence-electron chi connectivity index (χ3n) is 3.73. The van der Waals surface area contributed by atoms with E-state index in [-0.39, 0.29) is 18.2 Å². The molecule has 4 rings (SSSR count). The van der Waals surface area contributed by atoms with E-state index in [2.05, 4.69) is 10.1 Å². The fourth-order valence-electron chi connectivity index (χ4n) is 2.65. The predicted molar refractivity (Wildman–Crippen MR) is 81.1 cm³/mol. The van der Waals surface area contributed by atoms with Gasteiger partial charge in [0.25, 0.3) is 0 Å². The molecule has 0 atom stereocenters. The number of carbonyl (C=O) groups excluding carboxylic acids is 1. The summed E-state index contributed by atoms with van der Waals surface area (Å²) in [4.78, 5) is 15.7. The van der Waals surface area contributed by atoms with Gasteiger partial charge in [-0.2, -0.15) is 5.10 Å². The highest BCUT2D eigenvalue weighted by atomic mass is 19.1. The zero-order valence-corrected chi connectivity index (χ0v) is 12.1. The van der Waals surface area contributed by atoms with E-state index in [1.54, 1.807) is 29.2 Å². The Balaban J connectivity index is 1.95. The molecule has 0 bridgehead atoms. The van der Waals surface area contributed by atoms with Crippen molar-refractivity contribution >= 4 is 5.97 Å². The number of ether oxygens (including phenoxy) is 1. The van der Waals surface area contributed by atoms with Crippen LogP contribution in [-0.4, -0.2) is 20.7 Å². The molecule has 3 heterocycles. The molecule has 0 saturated heterocycles. The van der Waals surface area contributed by atoms with Crippen molar-refractivity contribution in [2.45, 2.75) is 13.0 Å². The molecule has 0 N–H and O–H groups in total. The highest BCUT2D eigenvalue weighted by molar-refractivity contribution is 5.87. The topological polar surface area (TPSA) is 57.0 Å². The zero-order chi connectivity index (χ0) is 15.8. The summed E-state index contributed by atoms with van der Waals surface area (Å²) in [7, 11) is 0. The lowest BCUT2D eigenvalue weighted by molar-refractivity contribution is -0.136. The third-order valence-corrected chi connectivity index (χ3v) is 3.73. The second-order valence-corrected chi connectivity index (χ2v) is 5.22. The van der Waals surface area contributed by atoms with Crippen molar-refractivity contribution in [2.75, 3.05) is 0 Å². The van der Waals surface area contributed by atoms with Gasteiger partial charge < -0.3 is 4.74 Å². The SMILES string of the molecule is O=C1CCn2nc(-c3ccc(F)cc3)c(-c3ccncc3)c2O1. The van der Waals surface area contributed by atoms with Crippen LogP contribution in [-0.2, 0) is 11.3 Å². The van der Waals surface area contributed by atoms with Crippen molar-refractivity contribution in [3.8, 4) is 28.3 Å². The van der Waals surface area contributed by atoms with Crippen LogP contribution in [0.15, 0.2) is 48.8 Å². The van der Waals surface area contributed by atoms with Crippen LogP contribution in [0.1, 0.15) is 6.42 Å². The van der Waals surface area contributed by atoms with E-state index in [0.29, 0.717) is 23.7 Å². The van der Waals surface area contributed by atoms with Crippen LogP contribution >= 0.6 is 0 Å². The number of fused-ring (bicyclic) bond motifs is 1. The van der Waals surface area contributed by atoms with Gasteiger partial charge in [0.05, 0.1) is 18.5 Å². The lowest BCUT2D eigenvalue weighted by Crippen LogP contribution is -2.20. The maximum absolute atomic E-state index is 13.2. The van der Waals surface area contributed by atoms with Gasteiger partial charge in [-0.15, -0.1) is 0 Å². The normalized spacial score (nSPS) is 13.5. The number of aromatic nitrogens is 3. The number of esters is 1. The first-order chi connectivity index (χ1) is 11.2. The molecule has 3 aromatic rings. The van der Waals surface area contributed by atoms with Gasteiger partial charge in [-0.3, -0.25) is 9.78 Å². The molecular weight excluding hydrogens is 297 g/mol. The molecule has 0 saturated carbocycles. The zero-order valence-electron chi connectivity index (χ0n) is 12.1. The van der Waals surface area contributed by atoms with Crippen molar-refractivity contribution in [3.63, 3.8) is 0 Å². The molecule has 1 aliphatic heterocycles. The molecule has 1 aromatic carbocycles. The molecule has 2 aromatic heterocycles. The summed E-state index contributed by atoms with van der Waals surface area (Å²) in [5.74, 6) is -0.167. The Morgan fingerprint density at radius 1 is 1.04 bits per heavy atom. The molecule has 0 spiro atoms. The average Bonchev–Trinajstić information content (AvgIpc) is 2.95. The molecule has 114 valence electrons. The van der Waals surface area contributed by atoms with E-state index < -0.39 is 0 Å². The van der Waals surface area contributed by atoms with Crippen molar-refractivity contribution in [1.29, 1.82) is 0 Å². The molecule has 23 heavy (non-hydrogen) atoms. The number of benzene rings is 1. The molecule has 0 fully saturated rings. The van der Waals surface area contributed by atoms with Crippen LogP contribution in [0.2, 0.25) is 0 Å². The summed E-state index contributed by atoms with van der Waals surface area (Å²) < 4.78 is 20.3. The second kappa shape index (κ2) is 5.31. The smallest absolute Gasteiger partial charge is 0.314 e. The molecule has 0 aliphatic carbocycles. The van der Waals surface area contributed by atoms with E-state index in [1.807, 2.05) is 12.1 Å². The van der Waals surface area contributed by atoms with Crippen molar-refractivity contribution in [3.05, 3.63) is 54.6 Å². The maximum Gasteiger partial charge on any atom is 0.314 e. The summed E-state index contributed by atoms with van der Waals surface area (Å²) in [5, 5.41) is 4.56. The number of nitrogens with zero attached hydrogens (tertiary/aromatic N) is 3. The van der Waals surface area contributed by atoms with Crippen molar-refractivity contribution < 1.29 is 13.9 Å². The highest BCUT2D eigenvalue weighted by Gasteiger charge is 2.27. The lowest BCUT2D eigenvalue weighted by atomic mass is 10.0. The van der Waals surface area contributed by atoms with Gasteiger partial charge in [0.2, 0.25) is 5.88 Å². The number of halogens is 1. The molecular formula is C17H12FN3O2. The number of pyridine rings is 1. The number of rotatable bonds is 2. The van der Waals surface area contributed by atoms with Crippen molar-refractivity contribution in [2.24, 2.45) is 0 Å². The van der Waals surface area contributed by atoms with Gasteiger partial charge >= 0.3 is 5.97 Å². The first kappa shape index (κ1) is 13.6. The van der Waals surface area contributed by atoms with Gasteiger partial charge in [0.15, 0.2) is 0 Å². The van der Waals surface area contributed by atoms with E-state index in [9.17, 15) is 9.18 Å². The number of hydrogen-bond donors (Lipinski definition) is 0. The van der Waals surface area contributed by atoms with E-state index in [0.717, 1.165) is 11.1 Å². The van der Waals surface area contributed by atoms with Gasteiger partial charge in [-0.05, 0) is 42.0 Å². The molecule has 0 amide bonds. The van der Waals surface area contributed by atoms with Crippen LogP contribution in [0.4, 0.5) is 4.39 Å². The maximum atomic E-state index is 13.2. The number of carbonyl (C=O) groups is 1. The van der Waals surface area contributed by atoms with Crippen LogP contribution in [0.3, 0.4) is 0 Å². The number of hydrogen-bond acceptors (Lipinski definition) is 4. The summed E-state index contributed by atoms with van der Waals surface area (Å²) in [6.45, 7) is 0.466. The lowest BCUT2D eigenvalue weighted by Gasteiger charge is -2.14. The van der Waals surface area contributed by atoms with Gasteiger partial charge in [0, 0.05) is 18.0 Å². The summed E-state index contributed by atoms with van der Waals surface area (Å²) >= 11 is 0. The van der Waals surface area contributed by atoms with Gasteiger partial charge in [-0.1, -0.05) is 0 Å². The predicted octanol–water partition coefficient (Wildman–Crippen LogP) is 3.06. The largest absolute Gasteiger partial charge is 0.407 e. The Bertz CT molecular complexity index is 873. The quantitative estimate of drug-likeness (QED) is 0.683. The first-order valence-electron chi connectivity index (χ1n) is 7.20. The fourth-order valence-corrected chi connectivity index (χ4v) is 2.65. The third kappa shape index (κ3) is 2.38. The van der Waals surface area contributed by atoms with Crippen LogP contribution in [0.5, 0.6) is 5.88 Å². The molecule has 1 aliphatic rings. The van der Waals surface area contributed by atoms with Gasteiger partial charge in [0.1, 0.15) is 11.5 Å². The Kier molecular flexibility index (Phi) is 3.15. The Hall–Kier alpha value is -3.02. The molecule has 6 heteroatoms. The number of aryl methyl sites for hydroxylation is 1. The minimum absolute atomic E-state index is 0.279. The van der Waals surface area contributed by atoms with E-state index in [4.69, 9.17) is 4.74 Å². The summed E-state index contributed by atoms with van der Waals surface area (Å²) in [5.41, 5.74) is 2.97. The monoisotopic (exact) mass is 309 g/mol. The minimum Gasteiger partial charge on any atom is -0.407 e. The molecule has 0 radical (unpaired) electrons. The Morgan fingerprint density at radius 3 is 2.52 bits per heavy atom. The molecule has 0 unspecified atom stereocenters. The van der Waals surface area contributed by atoms with Gasteiger partial charge in [-0.25, -0.2) is 9.07 Å². The standard InChI is InChI=1S/C17H12FN3O2/c18-13-3-1-12(2-4-13)16-15(11-5-8-19-9-6-11)17-21(20-16)10-7-14(22)23-17/h1-6,8-9H,7,10H2. The van der Waals surface area contributed by atoms with Crippen LogP contribution in [0, 0.1) is 5.82 Å². The highest BCUT2D eigenvalue weighted by Crippen LogP contribution is 2.40. The molecule has 5 nitrogen and oxygen atoms in total. The second-order valence-electron chi connectivity index (χ2n) is 5.22. The van der Waals surface area contributed by atoms with Crippen LogP contribution < -0.4 is 4.74 Å². The van der Waals surface area contributed by atoms with Crippen molar-refractivity contribution in [1.82, 2.24) is 14.8 Å². The summed E-state index contributed by atoms with van der Waals surface area (Å²) in [6.07, 6.45) is 3.62. The van der Waals surface area contributed by atoms with E-state index in [1.165, 1.54) is 12.1 Å². The minimum atomic E-state index is -0.311. The fraction of sp³-hybridized carbons (Fsp3) is 0.118. The first-order valence-corrected chi connectivity index (χ1v) is 7.20. The van der Waals surface area contributed by atoms with Crippen LogP contribution in [0.25, 0.3) is 22.4 Å². The van der Waals surface area contributed by atoms with E-state index >= 15 is 0 Å². The Labute approximate surface area is 131 Å².